The van der Waals surface area contributed by atoms with Crippen LogP contribution in [0.2, 0.25) is 0 Å². The van der Waals surface area contributed by atoms with E-state index in [0.29, 0.717) is 0 Å². The van der Waals surface area contributed by atoms with Gasteiger partial charge in [0.05, 0.1) is 18.3 Å². The van der Waals surface area contributed by atoms with Crippen molar-refractivity contribution in [3.05, 3.63) is 0 Å². The van der Waals surface area contributed by atoms with Crippen molar-refractivity contribution in [1.82, 2.24) is 0 Å². The average molecular weight is 185 g/mol. The van der Waals surface area contributed by atoms with Crippen LogP contribution in [-0.2, 0) is 9.53 Å². The minimum Gasteiger partial charge on any atom is -0.462 e. The van der Waals surface area contributed by atoms with E-state index in [1.54, 1.807) is 19.9 Å². The zero-order chi connectivity index (χ0) is 10.6. The predicted molar refractivity (Wildman–Crippen MR) is 46.6 cm³/mol. The van der Waals surface area contributed by atoms with Gasteiger partial charge in [0.1, 0.15) is 0 Å². The Morgan fingerprint density at radius 1 is 1.54 bits per heavy atom. The molecule has 0 amide bonds. The number of carbonyl (C=O) groups excluding carboxylic acids is 1. The summed E-state index contributed by atoms with van der Waals surface area (Å²) in [5.41, 5.74) is -1.47. The molecule has 0 aromatic heterocycles. The number of aliphatic hydroxyl groups is 1. The van der Waals surface area contributed by atoms with E-state index in [1.165, 1.54) is 13.8 Å². The van der Waals surface area contributed by atoms with Gasteiger partial charge in [-0.25, -0.2) is 0 Å². The fourth-order valence-electron chi connectivity index (χ4n) is 0.646. The number of nitriles is 1. The lowest BCUT2D eigenvalue weighted by molar-refractivity contribution is -0.160. The molecule has 0 saturated heterocycles. The molecule has 1 N–H and O–H groups in total. The third-order valence-electron chi connectivity index (χ3n) is 1.83. The van der Waals surface area contributed by atoms with Gasteiger partial charge in [0.15, 0.2) is 5.41 Å². The maximum absolute atomic E-state index is 11.3. The number of aliphatic hydroxyl groups excluding tert-OH is 1. The Morgan fingerprint density at radius 2 is 2.00 bits per heavy atom. The van der Waals surface area contributed by atoms with E-state index < -0.39 is 17.5 Å². The van der Waals surface area contributed by atoms with Crippen molar-refractivity contribution in [1.29, 1.82) is 5.26 Å². The molecule has 0 rings (SSSR count). The number of rotatable bonds is 3. The summed E-state index contributed by atoms with van der Waals surface area (Å²) in [6.07, 6.45) is -1.32. The largest absolute Gasteiger partial charge is 0.462 e. The van der Waals surface area contributed by atoms with Crippen molar-refractivity contribution in [2.75, 3.05) is 0 Å². The number of hydrogen-bond donors (Lipinski definition) is 1. The van der Waals surface area contributed by atoms with Gasteiger partial charge in [-0.15, -0.1) is 0 Å². The molecule has 0 spiro atoms. The van der Waals surface area contributed by atoms with Crippen LogP contribution in [-0.4, -0.2) is 23.3 Å². The highest BCUT2D eigenvalue weighted by Crippen LogP contribution is 2.22. The third kappa shape index (κ3) is 2.71. The van der Waals surface area contributed by atoms with Crippen molar-refractivity contribution in [3.8, 4) is 6.07 Å². The molecule has 2 atom stereocenters. The standard InChI is InChI=1S/C9H15NO3/c1-6(2)13-8(12)9(4,5-10)7(3)11/h6-7,11H,1-4H3/t7-,9+/m1/s1. The van der Waals surface area contributed by atoms with Crippen LogP contribution in [0, 0.1) is 16.7 Å². The lowest BCUT2D eigenvalue weighted by Crippen LogP contribution is -2.39. The summed E-state index contributed by atoms with van der Waals surface area (Å²) in [6.45, 7) is 6.14. The van der Waals surface area contributed by atoms with Gasteiger partial charge in [-0.1, -0.05) is 0 Å². The highest BCUT2D eigenvalue weighted by Gasteiger charge is 2.40. The van der Waals surface area contributed by atoms with E-state index in [9.17, 15) is 9.90 Å². The molecule has 0 aliphatic carbocycles. The first-order chi connectivity index (χ1) is 5.84. The molecule has 0 heterocycles. The summed E-state index contributed by atoms with van der Waals surface area (Å²) < 4.78 is 4.85. The van der Waals surface area contributed by atoms with Crippen molar-refractivity contribution in [2.45, 2.75) is 39.9 Å². The topological polar surface area (TPSA) is 70.3 Å². The smallest absolute Gasteiger partial charge is 0.329 e. The second kappa shape index (κ2) is 4.24. The summed E-state index contributed by atoms with van der Waals surface area (Å²) in [4.78, 5) is 11.3. The Morgan fingerprint density at radius 3 is 2.23 bits per heavy atom. The maximum Gasteiger partial charge on any atom is 0.329 e. The predicted octanol–water partition coefficient (Wildman–Crippen LogP) is 0.849. The Labute approximate surface area is 78.1 Å². The fraction of sp³-hybridized carbons (Fsp3) is 0.778. The first-order valence-corrected chi connectivity index (χ1v) is 4.15. The van der Waals surface area contributed by atoms with Gasteiger partial charge >= 0.3 is 5.97 Å². The number of nitrogens with zero attached hydrogens (tertiary/aromatic N) is 1. The van der Waals surface area contributed by atoms with E-state index in [1.807, 2.05) is 0 Å². The molecule has 4 nitrogen and oxygen atoms in total. The lowest BCUT2D eigenvalue weighted by atomic mass is 9.87. The van der Waals surface area contributed by atoms with E-state index >= 15 is 0 Å². The van der Waals surface area contributed by atoms with E-state index in [4.69, 9.17) is 10.00 Å². The molecule has 0 saturated carbocycles. The van der Waals surface area contributed by atoms with E-state index in [2.05, 4.69) is 0 Å². The van der Waals surface area contributed by atoms with Gasteiger partial charge in [0.25, 0.3) is 0 Å². The highest BCUT2D eigenvalue weighted by molar-refractivity contribution is 5.80. The van der Waals surface area contributed by atoms with Gasteiger partial charge < -0.3 is 9.84 Å². The molecule has 0 unspecified atom stereocenters. The number of hydrogen-bond acceptors (Lipinski definition) is 4. The Balaban J connectivity index is 4.61. The summed E-state index contributed by atoms with van der Waals surface area (Å²) in [5.74, 6) is -0.681. The van der Waals surface area contributed by atoms with Gasteiger partial charge in [-0.2, -0.15) is 5.26 Å². The Bertz CT molecular complexity index is 230. The minimum absolute atomic E-state index is 0.279. The zero-order valence-electron chi connectivity index (χ0n) is 8.37. The van der Waals surface area contributed by atoms with Crippen LogP contribution in [0.3, 0.4) is 0 Å². The molecule has 0 fully saturated rings. The van der Waals surface area contributed by atoms with E-state index in [-0.39, 0.29) is 6.10 Å². The maximum atomic E-state index is 11.3. The Hall–Kier alpha value is -1.08. The Kier molecular flexibility index (Phi) is 3.89. The van der Waals surface area contributed by atoms with Gasteiger partial charge in [-0.05, 0) is 27.7 Å². The molecule has 0 aliphatic heterocycles. The molecule has 0 radical (unpaired) electrons. The van der Waals surface area contributed by atoms with Crippen LogP contribution in [0.25, 0.3) is 0 Å². The number of carbonyl (C=O) groups is 1. The molecule has 0 bridgehead atoms. The molecule has 13 heavy (non-hydrogen) atoms. The van der Waals surface area contributed by atoms with Gasteiger partial charge in [0, 0.05) is 0 Å². The van der Waals surface area contributed by atoms with Crippen molar-refractivity contribution in [3.63, 3.8) is 0 Å². The van der Waals surface area contributed by atoms with Crippen LogP contribution in [0.4, 0.5) is 0 Å². The molecular formula is C9H15NO3. The van der Waals surface area contributed by atoms with Crippen molar-refractivity contribution < 1.29 is 14.6 Å². The third-order valence-corrected chi connectivity index (χ3v) is 1.83. The minimum atomic E-state index is -1.47. The van der Waals surface area contributed by atoms with Gasteiger partial charge in [0.2, 0.25) is 0 Å². The summed E-state index contributed by atoms with van der Waals surface area (Å²) in [6, 6.07) is 1.76. The first kappa shape index (κ1) is 11.9. The fourth-order valence-corrected chi connectivity index (χ4v) is 0.646. The molecule has 0 aromatic carbocycles. The average Bonchev–Trinajstić information content (AvgIpc) is 2.01. The van der Waals surface area contributed by atoms with Crippen molar-refractivity contribution in [2.24, 2.45) is 5.41 Å². The van der Waals surface area contributed by atoms with Crippen LogP contribution in [0.1, 0.15) is 27.7 Å². The van der Waals surface area contributed by atoms with Gasteiger partial charge in [-0.3, -0.25) is 4.79 Å². The van der Waals surface area contributed by atoms with Crippen molar-refractivity contribution >= 4 is 5.97 Å². The molecule has 0 aliphatic rings. The summed E-state index contributed by atoms with van der Waals surface area (Å²) in [5, 5.41) is 18.0. The summed E-state index contributed by atoms with van der Waals surface area (Å²) in [7, 11) is 0. The number of ether oxygens (including phenoxy) is 1. The lowest BCUT2D eigenvalue weighted by Gasteiger charge is -2.23. The highest BCUT2D eigenvalue weighted by atomic mass is 16.5. The second-order valence-electron chi connectivity index (χ2n) is 3.44. The molecule has 4 heteroatoms. The van der Waals surface area contributed by atoms with Crippen LogP contribution < -0.4 is 0 Å². The molecule has 0 aromatic rings. The van der Waals surface area contributed by atoms with Crippen LogP contribution in [0.5, 0.6) is 0 Å². The van der Waals surface area contributed by atoms with Crippen LogP contribution >= 0.6 is 0 Å². The normalized spacial score (nSPS) is 17.3. The second-order valence-corrected chi connectivity index (χ2v) is 3.44. The SMILES string of the molecule is CC(C)OC(=O)[C@@](C)(C#N)[C@@H](C)O. The molecule has 74 valence electrons. The quantitative estimate of drug-likeness (QED) is 0.662. The molecular weight excluding hydrogens is 170 g/mol. The first-order valence-electron chi connectivity index (χ1n) is 4.15. The van der Waals surface area contributed by atoms with E-state index in [0.717, 1.165) is 0 Å². The summed E-state index contributed by atoms with van der Waals surface area (Å²) >= 11 is 0. The monoisotopic (exact) mass is 185 g/mol. The zero-order valence-corrected chi connectivity index (χ0v) is 8.37. The van der Waals surface area contributed by atoms with Crippen LogP contribution in [0.15, 0.2) is 0 Å². The number of esters is 1.